The second-order valence-corrected chi connectivity index (χ2v) is 4.06. The molecule has 88 valence electrons. The summed E-state index contributed by atoms with van der Waals surface area (Å²) >= 11 is 0. The van der Waals surface area contributed by atoms with Gasteiger partial charge in [0.2, 0.25) is 0 Å². The number of halogens is 2. The van der Waals surface area contributed by atoms with E-state index in [0.717, 1.165) is 0 Å². The molecule has 2 N–H and O–H groups in total. The minimum absolute atomic E-state index is 0.0633. The van der Waals surface area contributed by atoms with Crippen LogP contribution in [0.15, 0.2) is 0 Å². The van der Waals surface area contributed by atoms with Crippen LogP contribution in [0, 0.1) is 0 Å². The number of rotatable bonds is 4. The molecule has 0 aliphatic carbocycles. The van der Waals surface area contributed by atoms with E-state index in [0.29, 0.717) is 0 Å². The van der Waals surface area contributed by atoms with Crippen LogP contribution in [0.25, 0.3) is 0 Å². The van der Waals surface area contributed by atoms with Gasteiger partial charge in [-0.1, -0.05) is 0 Å². The summed E-state index contributed by atoms with van der Waals surface area (Å²) in [6.45, 7) is 3.22. The van der Waals surface area contributed by atoms with Gasteiger partial charge < -0.3 is 0 Å². The van der Waals surface area contributed by atoms with Gasteiger partial charge in [-0.3, -0.25) is 18.8 Å². The van der Waals surface area contributed by atoms with Gasteiger partial charge in [0, 0.05) is 0 Å². The van der Waals surface area contributed by atoms with Crippen molar-refractivity contribution in [1.29, 1.82) is 0 Å². The molecule has 0 aromatic rings. The van der Waals surface area contributed by atoms with Crippen molar-refractivity contribution < 1.29 is 36.4 Å². The van der Waals surface area contributed by atoms with Crippen molar-refractivity contribution in [3.8, 4) is 0 Å². The van der Waals surface area contributed by atoms with Gasteiger partial charge in [-0.05, 0) is 13.8 Å². The molecular weight excluding hydrogens is 244 g/mol. The van der Waals surface area contributed by atoms with Crippen molar-refractivity contribution in [1.82, 2.24) is 0 Å². The minimum Gasteiger partial charge on any atom is -0.299 e. The highest BCUT2D eigenvalue weighted by atomic mass is 31.2. The highest BCUT2D eigenvalue weighted by molar-refractivity contribution is 7.48. The van der Waals surface area contributed by atoms with Crippen LogP contribution in [0.5, 0.6) is 0 Å². The molecule has 0 aromatic carbocycles. The molecule has 0 spiro atoms. The quantitative estimate of drug-likeness (QED) is 0.749. The highest BCUT2D eigenvalue weighted by Crippen LogP contribution is 2.49. The SMILES string of the molecule is CCOP(=O)(F)OCC.O=P(O)(O)F. The molecule has 0 amide bonds. The summed E-state index contributed by atoms with van der Waals surface area (Å²) in [6.07, 6.45) is 0. The predicted octanol–water partition coefficient (Wildman–Crippen LogP) is 2.19. The zero-order chi connectivity index (χ0) is 11.8. The monoisotopic (exact) mass is 256 g/mol. The Balaban J connectivity index is 0. The van der Waals surface area contributed by atoms with E-state index in [9.17, 15) is 13.0 Å². The van der Waals surface area contributed by atoms with E-state index >= 15 is 0 Å². The first-order valence-corrected chi connectivity index (χ1v) is 6.40. The molecule has 0 heterocycles. The topological polar surface area (TPSA) is 93.1 Å². The third kappa shape index (κ3) is 22.7. The van der Waals surface area contributed by atoms with Crippen molar-refractivity contribution in [3.63, 3.8) is 0 Å². The molecule has 0 saturated carbocycles. The predicted molar refractivity (Wildman–Crippen MR) is 45.1 cm³/mol. The Morgan fingerprint density at radius 2 is 1.29 bits per heavy atom. The summed E-state index contributed by atoms with van der Waals surface area (Å²) in [7, 11) is -9.33. The van der Waals surface area contributed by atoms with Gasteiger partial charge in [0.25, 0.3) is 0 Å². The third-order valence-electron chi connectivity index (χ3n) is 0.567. The zero-order valence-corrected chi connectivity index (χ0v) is 9.38. The standard InChI is InChI=1S/C4H10FO3P.FH2O3P/c1-3-7-9(5,6)8-4-2;1-5(2,3)4/h3-4H2,1-2H3;(H2,2,3,4). The molecule has 0 unspecified atom stereocenters. The Morgan fingerprint density at radius 1 is 1.07 bits per heavy atom. The maximum Gasteiger partial charge on any atom is 0.513 e. The fraction of sp³-hybridized carbons (Fsp3) is 1.00. The number of hydrogen-bond acceptors (Lipinski definition) is 4. The minimum atomic E-state index is -5.14. The lowest BCUT2D eigenvalue weighted by Gasteiger charge is -2.04. The Hall–Kier alpha value is 0.160. The molecular formula is C4H12F2O6P2. The molecule has 0 fully saturated rings. The third-order valence-corrected chi connectivity index (χ3v) is 1.70. The zero-order valence-electron chi connectivity index (χ0n) is 7.59. The molecule has 0 saturated heterocycles. The van der Waals surface area contributed by atoms with Crippen LogP contribution >= 0.6 is 15.8 Å². The Bertz CT molecular complexity index is 210. The summed E-state index contributed by atoms with van der Waals surface area (Å²) in [4.78, 5) is 13.9. The van der Waals surface area contributed by atoms with Crippen LogP contribution in [0.3, 0.4) is 0 Å². The fourth-order valence-electron chi connectivity index (χ4n) is 0.346. The smallest absolute Gasteiger partial charge is 0.299 e. The molecule has 0 radical (unpaired) electrons. The van der Waals surface area contributed by atoms with Gasteiger partial charge in [-0.15, -0.1) is 8.39 Å². The largest absolute Gasteiger partial charge is 0.513 e. The normalized spacial score (nSPS) is 11.9. The van der Waals surface area contributed by atoms with E-state index < -0.39 is 15.8 Å². The van der Waals surface area contributed by atoms with Crippen molar-refractivity contribution in [2.45, 2.75) is 13.8 Å². The molecule has 0 aliphatic heterocycles. The van der Waals surface area contributed by atoms with E-state index in [-0.39, 0.29) is 13.2 Å². The van der Waals surface area contributed by atoms with E-state index in [4.69, 9.17) is 14.4 Å². The van der Waals surface area contributed by atoms with E-state index in [1.54, 1.807) is 13.8 Å². The fourth-order valence-corrected chi connectivity index (χ4v) is 1.04. The molecule has 10 heteroatoms. The van der Waals surface area contributed by atoms with Gasteiger partial charge in [-0.25, -0.2) is 9.13 Å². The van der Waals surface area contributed by atoms with Gasteiger partial charge in [0.05, 0.1) is 13.2 Å². The summed E-state index contributed by atoms with van der Waals surface area (Å²) in [6, 6.07) is 0. The second kappa shape index (κ2) is 7.45. The van der Waals surface area contributed by atoms with Crippen molar-refractivity contribution in [3.05, 3.63) is 0 Å². The van der Waals surface area contributed by atoms with Gasteiger partial charge >= 0.3 is 15.8 Å². The van der Waals surface area contributed by atoms with Crippen LogP contribution in [0.1, 0.15) is 13.8 Å². The Kier molecular flexibility index (Phi) is 8.83. The highest BCUT2D eigenvalue weighted by Gasteiger charge is 2.21. The molecule has 0 aromatic heterocycles. The molecule has 0 rings (SSSR count). The van der Waals surface area contributed by atoms with E-state index in [2.05, 4.69) is 9.05 Å². The molecule has 14 heavy (non-hydrogen) atoms. The second-order valence-electron chi connectivity index (χ2n) is 1.74. The van der Waals surface area contributed by atoms with E-state index in [1.807, 2.05) is 0 Å². The van der Waals surface area contributed by atoms with Crippen molar-refractivity contribution >= 4 is 15.8 Å². The van der Waals surface area contributed by atoms with Crippen LogP contribution < -0.4 is 0 Å². The van der Waals surface area contributed by atoms with Crippen molar-refractivity contribution in [2.75, 3.05) is 13.2 Å². The maximum atomic E-state index is 12.2. The first-order valence-electron chi connectivity index (χ1n) is 3.46. The first-order chi connectivity index (χ1) is 6.12. The van der Waals surface area contributed by atoms with Crippen molar-refractivity contribution in [2.24, 2.45) is 0 Å². The van der Waals surface area contributed by atoms with Gasteiger partial charge in [0.15, 0.2) is 0 Å². The summed E-state index contributed by atoms with van der Waals surface area (Å²) in [5.74, 6) is 0. The van der Waals surface area contributed by atoms with Crippen LogP contribution in [0.4, 0.5) is 8.39 Å². The lowest BCUT2D eigenvalue weighted by molar-refractivity contribution is 0.188. The van der Waals surface area contributed by atoms with Gasteiger partial charge in [0.1, 0.15) is 0 Å². The van der Waals surface area contributed by atoms with Crippen LogP contribution in [-0.4, -0.2) is 23.0 Å². The Morgan fingerprint density at radius 3 is 1.43 bits per heavy atom. The summed E-state index contributed by atoms with van der Waals surface area (Å²) < 4.78 is 49.8. The molecule has 6 nitrogen and oxygen atoms in total. The van der Waals surface area contributed by atoms with Crippen LogP contribution in [0.2, 0.25) is 0 Å². The van der Waals surface area contributed by atoms with Gasteiger partial charge in [-0.2, -0.15) is 0 Å². The lowest BCUT2D eigenvalue weighted by Crippen LogP contribution is -1.89. The average Bonchev–Trinajstić information content (AvgIpc) is 1.81. The summed E-state index contributed by atoms with van der Waals surface area (Å²) in [5.41, 5.74) is 0. The number of hydrogen-bond donors (Lipinski definition) is 2. The first kappa shape index (κ1) is 16.6. The molecule has 0 bridgehead atoms. The molecule has 0 atom stereocenters. The lowest BCUT2D eigenvalue weighted by atomic mass is 10.9. The summed E-state index contributed by atoms with van der Waals surface area (Å²) in [5, 5.41) is 0. The average molecular weight is 256 g/mol. The maximum absolute atomic E-state index is 12.2. The molecule has 0 aliphatic rings. The van der Waals surface area contributed by atoms with Crippen LogP contribution in [-0.2, 0) is 18.2 Å². The Labute approximate surface area is 80.2 Å². The van der Waals surface area contributed by atoms with E-state index in [1.165, 1.54) is 0 Å².